The summed E-state index contributed by atoms with van der Waals surface area (Å²) in [5, 5.41) is 11.5. The van der Waals surface area contributed by atoms with E-state index in [-0.39, 0.29) is 11.8 Å². The van der Waals surface area contributed by atoms with Gasteiger partial charge in [0, 0.05) is 32.9 Å². The number of nitrogens with one attached hydrogen (secondary N) is 1. The molecule has 0 unspecified atom stereocenters. The molecule has 2 saturated heterocycles. The summed E-state index contributed by atoms with van der Waals surface area (Å²) in [6.07, 6.45) is 3.43. The molecule has 0 radical (unpaired) electrons. The number of rotatable bonds is 5. The first-order valence-corrected chi connectivity index (χ1v) is 10.3. The van der Waals surface area contributed by atoms with E-state index in [9.17, 15) is 14.4 Å². The summed E-state index contributed by atoms with van der Waals surface area (Å²) in [4.78, 5) is 44.2. The fourth-order valence-electron chi connectivity index (χ4n) is 4.33. The number of fused-ring (bicyclic) bond motifs is 1. The van der Waals surface area contributed by atoms with Gasteiger partial charge in [-0.2, -0.15) is 0 Å². The van der Waals surface area contributed by atoms with Gasteiger partial charge in [-0.25, -0.2) is 4.79 Å². The number of likely N-dealkylation sites (tertiary alicyclic amines) is 1. The Morgan fingerprint density at radius 3 is 2.45 bits per heavy atom. The maximum Gasteiger partial charge on any atom is 0.405 e. The first-order chi connectivity index (χ1) is 13.6. The highest BCUT2D eigenvalue weighted by Gasteiger charge is 2.38. The summed E-state index contributed by atoms with van der Waals surface area (Å²) in [5.74, 6) is 0.430. The molecule has 0 saturated carbocycles. The molecule has 9 heteroatoms. The van der Waals surface area contributed by atoms with E-state index < -0.39 is 17.6 Å². The first kappa shape index (κ1) is 21.3. The predicted octanol–water partition coefficient (Wildman–Crippen LogP) is 1.14. The van der Waals surface area contributed by atoms with Gasteiger partial charge in [-0.15, -0.1) is 0 Å². The molecule has 9 nitrogen and oxygen atoms in total. The van der Waals surface area contributed by atoms with Gasteiger partial charge >= 0.3 is 6.09 Å². The lowest BCUT2D eigenvalue weighted by atomic mass is 9.85. The highest BCUT2D eigenvalue weighted by molar-refractivity contribution is 5.95. The second kappa shape index (κ2) is 8.12. The average Bonchev–Trinajstić information content (AvgIpc) is 3.14. The minimum Gasteiger partial charge on any atom is -0.465 e. The van der Waals surface area contributed by atoms with Crippen LogP contribution in [-0.2, 0) is 9.59 Å². The summed E-state index contributed by atoms with van der Waals surface area (Å²) < 4.78 is 0. The lowest BCUT2D eigenvalue weighted by Gasteiger charge is -2.38. The summed E-state index contributed by atoms with van der Waals surface area (Å²) in [6.45, 7) is 9.01. The summed E-state index contributed by atoms with van der Waals surface area (Å²) in [5.41, 5.74) is 0.297. The molecule has 2 N–H and O–H groups in total. The van der Waals surface area contributed by atoms with E-state index in [0.717, 1.165) is 38.2 Å². The number of nitrogens with zero attached hydrogens (tertiary/aromatic N) is 4. The second-order valence-corrected chi connectivity index (χ2v) is 9.47. The van der Waals surface area contributed by atoms with Crippen molar-refractivity contribution in [3.05, 3.63) is 11.9 Å². The molecule has 0 aromatic carbocycles. The number of hydrogen-bond acceptors (Lipinski definition) is 5. The van der Waals surface area contributed by atoms with Gasteiger partial charge in [0.05, 0.1) is 13.3 Å². The smallest absolute Gasteiger partial charge is 0.405 e. The molecule has 1 atom stereocenters. The van der Waals surface area contributed by atoms with E-state index >= 15 is 0 Å². The van der Waals surface area contributed by atoms with Crippen LogP contribution in [0.25, 0.3) is 0 Å². The van der Waals surface area contributed by atoms with E-state index in [1.165, 1.54) is 0 Å². The van der Waals surface area contributed by atoms with Crippen LogP contribution in [0.4, 0.5) is 4.79 Å². The SMILES string of the molecule is CN1C=C2C(=O)N(CCC3CCN(C(=O)[C@H](NC(=O)O)C(C)(C)C)CC3)CN2C1. The van der Waals surface area contributed by atoms with Crippen LogP contribution in [0.2, 0.25) is 0 Å². The van der Waals surface area contributed by atoms with Gasteiger partial charge in [-0.05, 0) is 30.6 Å². The van der Waals surface area contributed by atoms with Gasteiger partial charge in [0.1, 0.15) is 11.7 Å². The van der Waals surface area contributed by atoms with Crippen LogP contribution in [0.5, 0.6) is 0 Å². The predicted molar refractivity (Wildman–Crippen MR) is 107 cm³/mol. The Labute approximate surface area is 172 Å². The molecule has 3 rings (SSSR count). The quantitative estimate of drug-likeness (QED) is 0.710. The van der Waals surface area contributed by atoms with Gasteiger partial charge in [-0.1, -0.05) is 20.8 Å². The zero-order valence-corrected chi connectivity index (χ0v) is 17.8. The second-order valence-electron chi connectivity index (χ2n) is 9.47. The molecule has 3 heterocycles. The zero-order valence-electron chi connectivity index (χ0n) is 17.8. The maximum absolute atomic E-state index is 12.9. The van der Waals surface area contributed by atoms with Gasteiger partial charge in [0.15, 0.2) is 0 Å². The zero-order chi connectivity index (χ0) is 21.3. The average molecular weight is 408 g/mol. The Balaban J connectivity index is 1.47. The summed E-state index contributed by atoms with van der Waals surface area (Å²) in [6, 6.07) is -0.751. The van der Waals surface area contributed by atoms with Crippen LogP contribution < -0.4 is 5.32 Å². The Morgan fingerprint density at radius 2 is 1.90 bits per heavy atom. The lowest BCUT2D eigenvalue weighted by Crippen LogP contribution is -2.55. The third kappa shape index (κ3) is 4.76. The van der Waals surface area contributed by atoms with Crippen molar-refractivity contribution in [2.45, 2.75) is 46.1 Å². The molecule has 29 heavy (non-hydrogen) atoms. The molecule has 3 aliphatic rings. The number of carbonyl (C=O) groups excluding carboxylic acids is 2. The van der Waals surface area contributed by atoms with E-state index in [1.807, 2.05) is 43.8 Å². The summed E-state index contributed by atoms with van der Waals surface area (Å²) >= 11 is 0. The summed E-state index contributed by atoms with van der Waals surface area (Å²) in [7, 11) is 1.97. The van der Waals surface area contributed by atoms with E-state index in [1.54, 1.807) is 4.90 Å². The van der Waals surface area contributed by atoms with Crippen LogP contribution >= 0.6 is 0 Å². The third-order valence-corrected chi connectivity index (χ3v) is 6.04. The highest BCUT2D eigenvalue weighted by Crippen LogP contribution is 2.28. The van der Waals surface area contributed by atoms with Crippen molar-refractivity contribution in [1.29, 1.82) is 0 Å². The Morgan fingerprint density at radius 1 is 1.24 bits per heavy atom. The minimum atomic E-state index is -1.18. The molecule has 0 aromatic rings. The molecule has 0 spiro atoms. The normalized spacial score (nSPS) is 21.4. The van der Waals surface area contributed by atoms with Crippen molar-refractivity contribution in [2.24, 2.45) is 11.3 Å². The molecule has 3 amide bonds. The van der Waals surface area contributed by atoms with E-state index in [4.69, 9.17) is 5.11 Å². The standard InChI is InChI=1S/C20H33N5O4/c1-20(2,3)16(21-19(28)29)18(27)23-8-5-14(6-9-23)7-10-24-13-25-12-22(4)11-15(25)17(24)26/h11,14,16,21H,5-10,12-13H2,1-4H3,(H,28,29)/t16-/m0/s1. The largest absolute Gasteiger partial charge is 0.465 e. The highest BCUT2D eigenvalue weighted by atomic mass is 16.4. The number of amides is 3. The van der Waals surface area contributed by atoms with Gasteiger partial charge in [0.2, 0.25) is 5.91 Å². The Hall–Kier alpha value is -2.45. The van der Waals surface area contributed by atoms with Crippen molar-refractivity contribution in [3.8, 4) is 0 Å². The minimum absolute atomic E-state index is 0.106. The molecule has 0 bridgehead atoms. The monoisotopic (exact) mass is 407 g/mol. The van der Waals surface area contributed by atoms with Crippen molar-refractivity contribution in [2.75, 3.05) is 40.0 Å². The number of piperidine rings is 1. The fraction of sp³-hybridized carbons (Fsp3) is 0.750. The van der Waals surface area contributed by atoms with Crippen molar-refractivity contribution in [3.63, 3.8) is 0 Å². The van der Waals surface area contributed by atoms with Crippen LogP contribution in [0.1, 0.15) is 40.0 Å². The van der Waals surface area contributed by atoms with Crippen LogP contribution in [0.3, 0.4) is 0 Å². The molecule has 162 valence electrons. The van der Waals surface area contributed by atoms with Crippen molar-refractivity contribution < 1.29 is 19.5 Å². The van der Waals surface area contributed by atoms with Crippen LogP contribution in [0.15, 0.2) is 11.9 Å². The first-order valence-electron chi connectivity index (χ1n) is 10.3. The van der Waals surface area contributed by atoms with Crippen LogP contribution in [-0.4, -0.2) is 88.7 Å². The molecular weight excluding hydrogens is 374 g/mol. The molecule has 2 fully saturated rings. The molecular formula is C20H33N5O4. The molecule has 3 aliphatic heterocycles. The number of carbonyl (C=O) groups is 3. The van der Waals surface area contributed by atoms with Crippen LogP contribution in [0, 0.1) is 11.3 Å². The molecule has 0 aliphatic carbocycles. The van der Waals surface area contributed by atoms with Gasteiger partial charge in [-0.3, -0.25) is 9.59 Å². The Kier molecular flexibility index (Phi) is 5.95. The lowest BCUT2D eigenvalue weighted by molar-refractivity contribution is -0.137. The van der Waals surface area contributed by atoms with Gasteiger partial charge < -0.3 is 30.0 Å². The van der Waals surface area contributed by atoms with Crippen molar-refractivity contribution >= 4 is 17.9 Å². The third-order valence-electron chi connectivity index (χ3n) is 6.04. The Bertz CT molecular complexity index is 693. The maximum atomic E-state index is 12.9. The van der Waals surface area contributed by atoms with Crippen molar-refractivity contribution in [1.82, 2.24) is 24.9 Å². The van der Waals surface area contributed by atoms with Gasteiger partial charge in [0.25, 0.3) is 5.91 Å². The van der Waals surface area contributed by atoms with E-state index in [0.29, 0.717) is 25.7 Å². The van der Waals surface area contributed by atoms with E-state index in [2.05, 4.69) is 10.2 Å². The number of carboxylic acid groups (broad SMARTS) is 1. The fourth-order valence-corrected chi connectivity index (χ4v) is 4.33. The molecule has 0 aromatic heterocycles. The number of hydrogen-bond donors (Lipinski definition) is 2. The topological polar surface area (TPSA) is 96.4 Å².